The van der Waals surface area contributed by atoms with Gasteiger partial charge in [0.05, 0.1) is 6.61 Å². The van der Waals surface area contributed by atoms with Crippen molar-refractivity contribution in [3.8, 4) is 0 Å². The van der Waals surface area contributed by atoms with Crippen molar-refractivity contribution in [2.24, 2.45) is 0 Å². The monoisotopic (exact) mass is 297 g/mol. The second-order valence-corrected chi connectivity index (χ2v) is 4.81. The third kappa shape index (κ3) is 3.39. The van der Waals surface area contributed by atoms with Gasteiger partial charge in [-0.2, -0.15) is 0 Å². The van der Waals surface area contributed by atoms with Gasteiger partial charge in [0.1, 0.15) is 24.4 Å². The Morgan fingerprint density at radius 2 is 2.10 bits per heavy atom. The normalized spacial score (nSPS) is 30.1. The first-order valence-corrected chi connectivity index (χ1v) is 6.59. The molecule has 21 heavy (non-hydrogen) atoms. The minimum Gasteiger partial charge on any atom is -0.394 e. The van der Waals surface area contributed by atoms with Crippen molar-refractivity contribution < 1.29 is 29.6 Å². The van der Waals surface area contributed by atoms with Gasteiger partial charge in [-0.3, -0.25) is 4.79 Å². The zero-order chi connectivity index (χ0) is 15.4. The van der Waals surface area contributed by atoms with Crippen molar-refractivity contribution in [2.75, 3.05) is 13.7 Å². The van der Waals surface area contributed by atoms with E-state index >= 15 is 0 Å². The summed E-state index contributed by atoms with van der Waals surface area (Å²) in [5, 5.41) is 31.2. The van der Waals surface area contributed by atoms with E-state index < -0.39 is 37.3 Å². The highest BCUT2D eigenvalue weighted by molar-refractivity contribution is 5.94. The molecule has 0 saturated carbocycles. The highest BCUT2D eigenvalue weighted by atomic mass is 16.6. The number of carbonyl (C=O) groups excluding carboxylic acids is 1. The van der Waals surface area contributed by atoms with Crippen LogP contribution in [0.4, 0.5) is 0 Å². The number of methoxy groups -OCH3 is 1. The van der Waals surface area contributed by atoms with Crippen LogP contribution in [0.2, 0.25) is 0 Å². The van der Waals surface area contributed by atoms with E-state index in [-0.39, 0.29) is 5.91 Å². The Balaban J connectivity index is 2.09. The van der Waals surface area contributed by atoms with Crippen LogP contribution >= 0.6 is 0 Å². The summed E-state index contributed by atoms with van der Waals surface area (Å²) in [6.07, 6.45) is -4.22. The number of hydrogen-bond donors (Lipinski definition) is 4. The molecule has 1 fully saturated rings. The highest BCUT2D eigenvalue weighted by Gasteiger charge is 2.47. The molecule has 1 saturated heterocycles. The molecule has 0 aliphatic carbocycles. The Labute approximate surface area is 122 Å². The second-order valence-electron chi connectivity index (χ2n) is 4.81. The summed E-state index contributed by atoms with van der Waals surface area (Å²) in [4.78, 5) is 12.1. The molecule has 5 atom stereocenters. The maximum atomic E-state index is 12.1. The number of aliphatic hydroxyl groups is 3. The van der Waals surface area contributed by atoms with Crippen LogP contribution in [-0.2, 0) is 9.47 Å². The minimum atomic E-state index is -1.33. The molecule has 0 bridgehead atoms. The van der Waals surface area contributed by atoms with E-state index in [0.717, 1.165) is 0 Å². The molecule has 2 rings (SSSR count). The fourth-order valence-corrected chi connectivity index (χ4v) is 2.36. The zero-order valence-corrected chi connectivity index (χ0v) is 11.5. The Hall–Kier alpha value is -1.51. The molecule has 7 nitrogen and oxygen atoms in total. The Kier molecular flexibility index (Phi) is 5.27. The van der Waals surface area contributed by atoms with Crippen LogP contribution in [0.15, 0.2) is 30.3 Å². The first kappa shape index (κ1) is 15.9. The average molecular weight is 297 g/mol. The van der Waals surface area contributed by atoms with Gasteiger partial charge in [0, 0.05) is 12.7 Å². The Morgan fingerprint density at radius 1 is 1.43 bits per heavy atom. The molecule has 116 valence electrons. The fraction of sp³-hybridized carbons (Fsp3) is 0.500. The molecule has 4 unspecified atom stereocenters. The quantitative estimate of drug-likeness (QED) is 0.548. The number of hydrogen-bond acceptors (Lipinski definition) is 6. The predicted octanol–water partition coefficient (Wildman–Crippen LogP) is -1.13. The maximum Gasteiger partial charge on any atom is 0.251 e. The molecule has 1 aromatic carbocycles. The van der Waals surface area contributed by atoms with Crippen molar-refractivity contribution >= 4 is 5.91 Å². The summed E-state index contributed by atoms with van der Waals surface area (Å²) in [7, 11) is 1.38. The van der Waals surface area contributed by atoms with Gasteiger partial charge in [-0.05, 0) is 12.1 Å². The number of carbonyl (C=O) groups is 1. The number of ether oxygens (including phenoxy) is 2. The summed E-state index contributed by atoms with van der Waals surface area (Å²) in [6, 6.07) is 7.67. The molecule has 1 aromatic rings. The molecule has 0 aromatic heterocycles. The number of benzene rings is 1. The minimum absolute atomic E-state index is 0.385. The highest BCUT2D eigenvalue weighted by Crippen LogP contribution is 2.25. The molecule has 4 N–H and O–H groups in total. The molecule has 0 radical (unpaired) electrons. The van der Waals surface area contributed by atoms with Crippen molar-refractivity contribution in [3.63, 3.8) is 0 Å². The smallest absolute Gasteiger partial charge is 0.251 e. The standard InChI is InChI=1S/C14H19NO6/c1-20-12-10(14(19)21-11(12)9(17)7-16)15-13(18)8-5-3-2-4-6-8/h2-6,9-12,14,16-17,19H,7H2,1H3,(H,15,18)/t9-,10?,11?,12?,14?/m1/s1. The van der Waals surface area contributed by atoms with Crippen LogP contribution in [-0.4, -0.2) is 65.6 Å². The average Bonchev–Trinajstić information content (AvgIpc) is 2.83. The van der Waals surface area contributed by atoms with Gasteiger partial charge in [-0.25, -0.2) is 0 Å². The Bertz CT molecular complexity index is 468. The number of rotatable bonds is 5. The molecule has 0 spiro atoms. The van der Waals surface area contributed by atoms with Gasteiger partial charge >= 0.3 is 0 Å². The van der Waals surface area contributed by atoms with Crippen LogP contribution in [0.3, 0.4) is 0 Å². The number of amides is 1. The van der Waals surface area contributed by atoms with E-state index in [9.17, 15) is 15.0 Å². The van der Waals surface area contributed by atoms with Crippen LogP contribution in [0.1, 0.15) is 10.4 Å². The van der Waals surface area contributed by atoms with Crippen LogP contribution in [0.5, 0.6) is 0 Å². The van der Waals surface area contributed by atoms with E-state index in [2.05, 4.69) is 5.32 Å². The van der Waals surface area contributed by atoms with E-state index in [0.29, 0.717) is 5.56 Å². The van der Waals surface area contributed by atoms with Gasteiger partial charge in [-0.15, -0.1) is 0 Å². The van der Waals surface area contributed by atoms with Crippen LogP contribution < -0.4 is 5.32 Å². The van der Waals surface area contributed by atoms with Crippen molar-refractivity contribution in [1.82, 2.24) is 5.32 Å². The lowest BCUT2D eigenvalue weighted by Crippen LogP contribution is -2.50. The second kappa shape index (κ2) is 6.97. The lowest BCUT2D eigenvalue weighted by molar-refractivity contribution is -0.141. The number of aliphatic hydroxyl groups excluding tert-OH is 3. The van der Waals surface area contributed by atoms with Gasteiger partial charge < -0.3 is 30.1 Å². The molecule has 7 heteroatoms. The third-order valence-electron chi connectivity index (χ3n) is 3.45. The zero-order valence-electron chi connectivity index (χ0n) is 11.5. The van der Waals surface area contributed by atoms with E-state index in [4.69, 9.17) is 14.6 Å². The first-order valence-electron chi connectivity index (χ1n) is 6.59. The summed E-state index contributed by atoms with van der Waals surface area (Å²) < 4.78 is 10.4. The van der Waals surface area contributed by atoms with Crippen molar-refractivity contribution in [3.05, 3.63) is 35.9 Å². The summed E-state index contributed by atoms with van der Waals surface area (Å²) in [5.74, 6) is -0.385. The molecular weight excluding hydrogens is 278 g/mol. The summed E-state index contributed by atoms with van der Waals surface area (Å²) in [5.41, 5.74) is 0.436. The van der Waals surface area contributed by atoms with E-state index in [1.807, 2.05) is 0 Å². The van der Waals surface area contributed by atoms with Crippen molar-refractivity contribution in [2.45, 2.75) is 30.6 Å². The van der Waals surface area contributed by atoms with Gasteiger partial charge in [-0.1, -0.05) is 18.2 Å². The summed E-state index contributed by atoms with van der Waals surface area (Å²) in [6.45, 7) is -0.531. The van der Waals surface area contributed by atoms with Crippen LogP contribution in [0, 0.1) is 0 Å². The maximum absolute atomic E-state index is 12.1. The predicted molar refractivity (Wildman–Crippen MR) is 72.5 cm³/mol. The van der Waals surface area contributed by atoms with Gasteiger partial charge in [0.2, 0.25) is 0 Å². The SMILES string of the molecule is COC1C(NC(=O)c2ccccc2)C(O)OC1[C@H](O)CO. The largest absolute Gasteiger partial charge is 0.394 e. The Morgan fingerprint density at radius 3 is 2.67 bits per heavy atom. The molecular formula is C14H19NO6. The summed E-state index contributed by atoms with van der Waals surface area (Å²) >= 11 is 0. The lowest BCUT2D eigenvalue weighted by Gasteiger charge is -2.24. The van der Waals surface area contributed by atoms with E-state index in [1.165, 1.54) is 7.11 Å². The topological polar surface area (TPSA) is 108 Å². The van der Waals surface area contributed by atoms with Gasteiger partial charge in [0.25, 0.3) is 5.91 Å². The third-order valence-corrected chi connectivity index (χ3v) is 3.45. The lowest BCUT2D eigenvalue weighted by atomic mass is 10.0. The fourth-order valence-electron chi connectivity index (χ4n) is 2.36. The molecule has 1 aliphatic rings. The van der Waals surface area contributed by atoms with Gasteiger partial charge in [0.15, 0.2) is 6.29 Å². The van der Waals surface area contributed by atoms with Crippen molar-refractivity contribution in [1.29, 1.82) is 0 Å². The molecule has 1 amide bonds. The van der Waals surface area contributed by atoms with Crippen LogP contribution in [0.25, 0.3) is 0 Å². The molecule has 1 heterocycles. The van der Waals surface area contributed by atoms with E-state index in [1.54, 1.807) is 30.3 Å². The first-order chi connectivity index (χ1) is 10.1. The number of nitrogens with one attached hydrogen (secondary N) is 1. The molecule has 1 aliphatic heterocycles.